The molecule has 0 bridgehead atoms. The minimum Gasteiger partial charge on any atom is -0.506 e. The van der Waals surface area contributed by atoms with Crippen molar-refractivity contribution >= 4 is 18.2 Å². The standard InChI is InChI=1S/C15H22N4O/c1-10-7-12(8-10)15(18-17-3)19(9-16)14-11(2)5-4-6-13(14)20/h4-6,10,12,20H,3,7-9,16H2,1-2H3/b18-15-. The fourth-order valence-corrected chi connectivity index (χ4v) is 2.84. The number of hydrogen-bond donors (Lipinski definition) is 2. The minimum absolute atomic E-state index is 0.208. The summed E-state index contributed by atoms with van der Waals surface area (Å²) in [4.78, 5) is 1.84. The number of hydrogen-bond acceptors (Lipinski definition) is 4. The highest BCUT2D eigenvalue weighted by Gasteiger charge is 2.34. The van der Waals surface area contributed by atoms with E-state index in [0.29, 0.717) is 17.5 Å². The molecule has 20 heavy (non-hydrogen) atoms. The molecule has 1 saturated carbocycles. The molecule has 108 valence electrons. The van der Waals surface area contributed by atoms with E-state index in [-0.39, 0.29) is 12.4 Å². The summed E-state index contributed by atoms with van der Waals surface area (Å²) in [7, 11) is 0. The number of anilines is 1. The van der Waals surface area contributed by atoms with Crippen molar-refractivity contribution in [2.24, 2.45) is 27.8 Å². The lowest BCUT2D eigenvalue weighted by Gasteiger charge is -2.38. The number of benzene rings is 1. The monoisotopic (exact) mass is 274 g/mol. The van der Waals surface area contributed by atoms with Crippen LogP contribution in [0.4, 0.5) is 5.69 Å². The van der Waals surface area contributed by atoms with Crippen molar-refractivity contribution in [2.75, 3.05) is 11.6 Å². The third-order valence-electron chi connectivity index (χ3n) is 3.86. The van der Waals surface area contributed by atoms with Gasteiger partial charge >= 0.3 is 0 Å². The Labute approximate surface area is 119 Å². The van der Waals surface area contributed by atoms with Gasteiger partial charge in [0.05, 0.1) is 12.4 Å². The molecule has 0 aliphatic heterocycles. The molecule has 3 N–H and O–H groups in total. The Kier molecular flexibility index (Phi) is 4.39. The molecule has 0 heterocycles. The normalized spacial score (nSPS) is 22.2. The highest BCUT2D eigenvalue weighted by atomic mass is 16.3. The van der Waals surface area contributed by atoms with Crippen LogP contribution in [0.3, 0.4) is 0 Å². The van der Waals surface area contributed by atoms with Gasteiger partial charge in [0, 0.05) is 12.6 Å². The average molecular weight is 274 g/mol. The van der Waals surface area contributed by atoms with E-state index in [1.165, 1.54) is 0 Å². The molecular formula is C15H22N4O. The van der Waals surface area contributed by atoms with Crippen LogP contribution in [0.25, 0.3) is 0 Å². The molecule has 0 aromatic heterocycles. The Morgan fingerprint density at radius 2 is 2.20 bits per heavy atom. The first-order chi connectivity index (χ1) is 9.58. The predicted molar refractivity (Wildman–Crippen MR) is 83.2 cm³/mol. The molecular weight excluding hydrogens is 252 g/mol. The first-order valence-electron chi connectivity index (χ1n) is 6.88. The van der Waals surface area contributed by atoms with E-state index < -0.39 is 0 Å². The molecule has 1 aliphatic carbocycles. The SMILES string of the molecule is C=N/N=C(/C1CC(C)C1)N(CN)c1c(C)cccc1O. The van der Waals surface area contributed by atoms with Gasteiger partial charge in [0.1, 0.15) is 11.6 Å². The van der Waals surface area contributed by atoms with Crippen molar-refractivity contribution in [2.45, 2.75) is 26.7 Å². The molecule has 0 spiro atoms. The Morgan fingerprint density at radius 1 is 1.50 bits per heavy atom. The lowest BCUT2D eigenvalue weighted by Crippen LogP contribution is -2.44. The molecule has 0 unspecified atom stereocenters. The fourth-order valence-electron chi connectivity index (χ4n) is 2.84. The van der Waals surface area contributed by atoms with Crippen molar-refractivity contribution in [3.05, 3.63) is 23.8 Å². The minimum atomic E-state index is 0.208. The summed E-state index contributed by atoms with van der Waals surface area (Å²) in [5.74, 6) is 2.03. The number of nitrogens with two attached hydrogens (primary N) is 1. The first-order valence-corrected chi connectivity index (χ1v) is 6.88. The highest BCUT2D eigenvalue weighted by molar-refractivity contribution is 6.01. The first kappa shape index (κ1) is 14.5. The van der Waals surface area contributed by atoms with E-state index in [2.05, 4.69) is 23.8 Å². The van der Waals surface area contributed by atoms with Gasteiger partial charge in [-0.25, -0.2) is 0 Å². The Balaban J connectivity index is 2.39. The maximum absolute atomic E-state index is 10.1. The predicted octanol–water partition coefficient (Wildman–Crippen LogP) is 2.48. The van der Waals surface area contributed by atoms with Crippen LogP contribution < -0.4 is 10.6 Å². The molecule has 0 amide bonds. The van der Waals surface area contributed by atoms with Crippen molar-refractivity contribution in [1.82, 2.24) is 0 Å². The van der Waals surface area contributed by atoms with Gasteiger partial charge < -0.3 is 15.7 Å². The average Bonchev–Trinajstić information content (AvgIpc) is 2.38. The zero-order valence-electron chi connectivity index (χ0n) is 12.1. The van der Waals surface area contributed by atoms with Gasteiger partial charge in [-0.2, -0.15) is 5.10 Å². The maximum atomic E-state index is 10.1. The van der Waals surface area contributed by atoms with Gasteiger partial charge in [0.2, 0.25) is 0 Å². The van der Waals surface area contributed by atoms with E-state index in [4.69, 9.17) is 5.73 Å². The lowest BCUT2D eigenvalue weighted by atomic mass is 9.75. The van der Waals surface area contributed by atoms with Gasteiger partial charge in [0.15, 0.2) is 0 Å². The van der Waals surface area contributed by atoms with Gasteiger partial charge in [-0.05, 0) is 37.3 Å². The van der Waals surface area contributed by atoms with Gasteiger partial charge in [-0.1, -0.05) is 19.1 Å². The second-order valence-electron chi connectivity index (χ2n) is 5.43. The second kappa shape index (κ2) is 6.05. The van der Waals surface area contributed by atoms with Crippen LogP contribution >= 0.6 is 0 Å². The summed E-state index contributed by atoms with van der Waals surface area (Å²) in [6.45, 7) is 7.86. The molecule has 0 saturated heterocycles. The topological polar surface area (TPSA) is 74.2 Å². The van der Waals surface area contributed by atoms with Crippen LogP contribution in [0.5, 0.6) is 5.75 Å². The van der Waals surface area contributed by atoms with E-state index in [9.17, 15) is 5.11 Å². The van der Waals surface area contributed by atoms with Crippen LogP contribution in [-0.2, 0) is 0 Å². The smallest absolute Gasteiger partial charge is 0.139 e. The van der Waals surface area contributed by atoms with Crippen molar-refractivity contribution < 1.29 is 5.11 Å². The molecule has 1 fully saturated rings. The van der Waals surface area contributed by atoms with Crippen LogP contribution in [0.15, 0.2) is 28.4 Å². The number of phenols is 1. The highest BCUT2D eigenvalue weighted by Crippen LogP contribution is 2.38. The molecule has 5 nitrogen and oxygen atoms in total. The number of para-hydroxylation sites is 1. The molecule has 5 heteroatoms. The Bertz CT molecular complexity index is 500. The van der Waals surface area contributed by atoms with E-state index in [1.54, 1.807) is 6.07 Å². The molecule has 0 atom stereocenters. The summed E-state index contributed by atoms with van der Waals surface area (Å²) in [6.07, 6.45) is 2.13. The van der Waals surface area contributed by atoms with Crippen molar-refractivity contribution in [3.63, 3.8) is 0 Å². The Hall–Kier alpha value is -1.88. The Morgan fingerprint density at radius 3 is 2.70 bits per heavy atom. The molecule has 1 aromatic rings. The van der Waals surface area contributed by atoms with Gasteiger partial charge in [-0.15, -0.1) is 5.10 Å². The largest absolute Gasteiger partial charge is 0.506 e. The maximum Gasteiger partial charge on any atom is 0.139 e. The van der Waals surface area contributed by atoms with Crippen molar-refractivity contribution in [1.29, 1.82) is 0 Å². The third kappa shape index (κ3) is 2.67. The number of rotatable bonds is 4. The fraction of sp³-hybridized carbons (Fsp3) is 0.467. The number of nitrogens with zero attached hydrogens (tertiary/aromatic N) is 3. The van der Waals surface area contributed by atoms with Crippen LogP contribution in [0.1, 0.15) is 25.3 Å². The van der Waals surface area contributed by atoms with Gasteiger partial charge in [-0.3, -0.25) is 0 Å². The summed E-state index contributed by atoms with van der Waals surface area (Å²) < 4.78 is 0. The zero-order valence-corrected chi connectivity index (χ0v) is 12.1. The molecule has 0 radical (unpaired) electrons. The summed E-state index contributed by atoms with van der Waals surface area (Å²) >= 11 is 0. The van der Waals surface area contributed by atoms with Crippen LogP contribution in [0, 0.1) is 18.8 Å². The van der Waals surface area contributed by atoms with Crippen molar-refractivity contribution in [3.8, 4) is 5.75 Å². The van der Waals surface area contributed by atoms with E-state index >= 15 is 0 Å². The number of aromatic hydroxyl groups is 1. The second-order valence-corrected chi connectivity index (χ2v) is 5.43. The van der Waals surface area contributed by atoms with Crippen LogP contribution in [-0.4, -0.2) is 24.3 Å². The molecule has 1 aromatic carbocycles. The summed E-state index contributed by atoms with van der Waals surface area (Å²) in [5, 5.41) is 18.0. The summed E-state index contributed by atoms with van der Waals surface area (Å²) in [5.41, 5.74) is 7.56. The number of phenolic OH excluding ortho intramolecular Hbond substituents is 1. The molecule has 2 rings (SSSR count). The summed E-state index contributed by atoms with van der Waals surface area (Å²) in [6, 6.07) is 5.42. The van der Waals surface area contributed by atoms with E-state index in [1.807, 2.05) is 24.0 Å². The van der Waals surface area contributed by atoms with E-state index in [0.717, 1.165) is 24.2 Å². The van der Waals surface area contributed by atoms with Crippen LogP contribution in [0.2, 0.25) is 0 Å². The number of amidine groups is 1. The number of aryl methyl sites for hydroxylation is 1. The third-order valence-corrected chi connectivity index (χ3v) is 3.86. The molecule has 1 aliphatic rings. The quantitative estimate of drug-likeness (QED) is 0.383. The lowest BCUT2D eigenvalue weighted by molar-refractivity contribution is 0.278. The zero-order chi connectivity index (χ0) is 14.7. The van der Waals surface area contributed by atoms with Gasteiger partial charge in [0.25, 0.3) is 0 Å².